The molecule has 2 heterocycles. The van der Waals surface area contributed by atoms with E-state index >= 15 is 0 Å². The van der Waals surface area contributed by atoms with Gasteiger partial charge in [0.25, 0.3) is 17.5 Å². The fourth-order valence-electron chi connectivity index (χ4n) is 4.23. The largest absolute Gasteiger partial charge is 0.451 e. The number of furan rings is 1. The monoisotopic (exact) mass is 467 g/mol. The third-order valence-electron chi connectivity index (χ3n) is 6.13. The van der Waals surface area contributed by atoms with E-state index in [-0.39, 0.29) is 16.9 Å². The van der Waals surface area contributed by atoms with E-state index in [2.05, 4.69) is 26.1 Å². The van der Waals surface area contributed by atoms with Gasteiger partial charge in [0.2, 0.25) is 0 Å². The summed E-state index contributed by atoms with van der Waals surface area (Å²) >= 11 is 1.39. The van der Waals surface area contributed by atoms with E-state index in [1.165, 1.54) is 29.5 Å². The smallest absolute Gasteiger partial charge is 0.292 e. The number of nitro benzene ring substituents is 1. The molecule has 1 aromatic carbocycles. The molecule has 4 rings (SSSR count). The lowest BCUT2D eigenvalue weighted by atomic mass is 9.72. The third-order valence-corrected chi connectivity index (χ3v) is 7.30. The first-order valence-electron chi connectivity index (χ1n) is 10.6. The Balaban J connectivity index is 1.59. The van der Waals surface area contributed by atoms with Gasteiger partial charge >= 0.3 is 0 Å². The molecule has 3 aromatic rings. The van der Waals surface area contributed by atoms with Crippen LogP contribution in [0.4, 0.5) is 10.7 Å². The number of primary amides is 1. The second-order valence-electron chi connectivity index (χ2n) is 9.30. The molecule has 0 fully saturated rings. The number of carbonyl (C=O) groups is 2. The van der Waals surface area contributed by atoms with Crippen LogP contribution in [0.5, 0.6) is 0 Å². The molecule has 0 radical (unpaired) electrons. The molecule has 0 saturated heterocycles. The highest BCUT2D eigenvalue weighted by molar-refractivity contribution is 7.17. The molecule has 0 saturated carbocycles. The summed E-state index contributed by atoms with van der Waals surface area (Å²) in [5.41, 5.74) is 7.55. The van der Waals surface area contributed by atoms with Gasteiger partial charge in [0.1, 0.15) is 10.8 Å². The van der Waals surface area contributed by atoms with Crippen LogP contribution < -0.4 is 11.1 Å². The highest BCUT2D eigenvalue weighted by atomic mass is 32.1. The summed E-state index contributed by atoms with van der Waals surface area (Å²) in [6.45, 7) is 6.64. The molecule has 0 bridgehead atoms. The summed E-state index contributed by atoms with van der Waals surface area (Å²) in [6, 6.07) is 9.05. The van der Waals surface area contributed by atoms with Crippen LogP contribution in [0.3, 0.4) is 0 Å². The number of anilines is 1. The van der Waals surface area contributed by atoms with Gasteiger partial charge < -0.3 is 15.5 Å². The van der Waals surface area contributed by atoms with E-state index in [9.17, 15) is 19.7 Å². The van der Waals surface area contributed by atoms with Crippen molar-refractivity contribution in [2.45, 2.75) is 40.0 Å². The standard InChI is InChI=1S/C24H25N3O5S/c1-24(2,3)14-7-8-16-19(12-14)33-23(20(16)21(25)28)26-22(29)18-10-9-17(32-18)13-5-4-6-15(11-13)27(30)31/h4-6,9-11,14H,7-8,12H2,1-3H3,(H2,25,28)(H,26,29). The van der Waals surface area contributed by atoms with Gasteiger partial charge in [0, 0.05) is 22.6 Å². The van der Waals surface area contributed by atoms with Gasteiger partial charge in [-0.15, -0.1) is 11.3 Å². The van der Waals surface area contributed by atoms with Crippen molar-refractivity contribution in [1.82, 2.24) is 0 Å². The number of rotatable bonds is 5. The average molecular weight is 468 g/mol. The maximum absolute atomic E-state index is 12.9. The molecular formula is C24H25N3O5S. The molecule has 1 atom stereocenters. The number of carbonyl (C=O) groups excluding carboxylic acids is 2. The summed E-state index contributed by atoms with van der Waals surface area (Å²) in [6.07, 6.45) is 2.56. The summed E-state index contributed by atoms with van der Waals surface area (Å²) in [7, 11) is 0. The van der Waals surface area contributed by atoms with E-state index in [1.807, 2.05) is 0 Å². The Hall–Kier alpha value is -3.46. The van der Waals surface area contributed by atoms with Crippen molar-refractivity contribution in [3.05, 3.63) is 68.3 Å². The van der Waals surface area contributed by atoms with E-state index in [0.717, 1.165) is 29.7 Å². The average Bonchev–Trinajstić information content (AvgIpc) is 3.37. The molecule has 8 nitrogen and oxygen atoms in total. The normalized spacial score (nSPS) is 15.7. The number of thiophene rings is 1. The van der Waals surface area contributed by atoms with E-state index in [1.54, 1.807) is 18.2 Å². The number of nitrogens with two attached hydrogens (primary N) is 1. The van der Waals surface area contributed by atoms with Gasteiger partial charge in [0.15, 0.2) is 5.76 Å². The molecule has 3 N–H and O–H groups in total. The van der Waals surface area contributed by atoms with Crippen molar-refractivity contribution >= 4 is 33.8 Å². The van der Waals surface area contributed by atoms with Gasteiger partial charge in [-0.1, -0.05) is 32.9 Å². The highest BCUT2D eigenvalue weighted by Gasteiger charge is 2.33. The second-order valence-corrected chi connectivity index (χ2v) is 10.4. The van der Waals surface area contributed by atoms with Gasteiger partial charge in [-0.05, 0) is 48.3 Å². The first kappa shape index (κ1) is 22.7. The van der Waals surface area contributed by atoms with Crippen molar-refractivity contribution < 1.29 is 18.9 Å². The van der Waals surface area contributed by atoms with Crippen molar-refractivity contribution in [1.29, 1.82) is 0 Å². The van der Waals surface area contributed by atoms with Crippen molar-refractivity contribution in [3.8, 4) is 11.3 Å². The quantitative estimate of drug-likeness (QED) is 0.382. The summed E-state index contributed by atoms with van der Waals surface area (Å²) in [5.74, 6) is -0.229. The predicted octanol–water partition coefficient (Wildman–Crippen LogP) is 5.42. The Morgan fingerprint density at radius 3 is 2.67 bits per heavy atom. The third kappa shape index (κ3) is 4.54. The Labute approximate surface area is 194 Å². The number of nitrogens with one attached hydrogen (secondary N) is 1. The van der Waals surface area contributed by atoms with Crippen LogP contribution in [0.1, 0.15) is 58.5 Å². The SMILES string of the molecule is CC(C)(C)C1CCc2c(sc(NC(=O)c3ccc(-c4cccc([N+](=O)[O-])c4)o3)c2C(N)=O)C1. The Morgan fingerprint density at radius 2 is 2.00 bits per heavy atom. The molecule has 0 spiro atoms. The minimum atomic E-state index is -0.561. The van der Waals surface area contributed by atoms with E-state index in [0.29, 0.717) is 27.8 Å². The van der Waals surface area contributed by atoms with Gasteiger partial charge in [-0.2, -0.15) is 0 Å². The number of nitrogens with zero attached hydrogens (tertiary/aromatic N) is 1. The first-order chi connectivity index (χ1) is 15.5. The second kappa shape index (κ2) is 8.47. The number of hydrogen-bond acceptors (Lipinski definition) is 6. The Bertz CT molecular complexity index is 1250. The number of amides is 2. The number of benzene rings is 1. The lowest BCUT2D eigenvalue weighted by Gasteiger charge is -2.33. The molecule has 172 valence electrons. The topological polar surface area (TPSA) is 128 Å². The molecule has 1 aliphatic rings. The van der Waals surface area contributed by atoms with Crippen LogP contribution in [-0.2, 0) is 12.8 Å². The van der Waals surface area contributed by atoms with Crippen molar-refractivity contribution in [2.24, 2.45) is 17.1 Å². The van der Waals surface area contributed by atoms with Gasteiger partial charge in [0.05, 0.1) is 10.5 Å². The molecule has 9 heteroatoms. The van der Waals surface area contributed by atoms with Gasteiger partial charge in [-0.25, -0.2) is 0 Å². The fourth-order valence-corrected chi connectivity index (χ4v) is 5.55. The van der Waals surface area contributed by atoms with Crippen LogP contribution in [0, 0.1) is 21.4 Å². The zero-order valence-corrected chi connectivity index (χ0v) is 19.5. The molecule has 1 aliphatic carbocycles. The minimum Gasteiger partial charge on any atom is -0.451 e. The van der Waals surface area contributed by atoms with Gasteiger partial charge in [-0.3, -0.25) is 19.7 Å². The zero-order valence-electron chi connectivity index (χ0n) is 18.6. The Morgan fingerprint density at radius 1 is 1.24 bits per heavy atom. The summed E-state index contributed by atoms with van der Waals surface area (Å²) in [4.78, 5) is 36.7. The van der Waals surface area contributed by atoms with E-state index in [4.69, 9.17) is 10.2 Å². The predicted molar refractivity (Wildman–Crippen MR) is 127 cm³/mol. The Kier molecular flexibility index (Phi) is 5.84. The molecule has 2 aromatic heterocycles. The van der Waals surface area contributed by atoms with Crippen LogP contribution in [0.15, 0.2) is 40.8 Å². The van der Waals surface area contributed by atoms with Crippen LogP contribution in [-0.4, -0.2) is 16.7 Å². The lowest BCUT2D eigenvalue weighted by Crippen LogP contribution is -2.27. The number of hydrogen-bond donors (Lipinski definition) is 2. The van der Waals surface area contributed by atoms with Crippen LogP contribution in [0.2, 0.25) is 0 Å². The number of nitro groups is 1. The first-order valence-corrected chi connectivity index (χ1v) is 11.5. The van der Waals surface area contributed by atoms with Crippen LogP contribution in [0.25, 0.3) is 11.3 Å². The molecule has 0 aliphatic heterocycles. The van der Waals surface area contributed by atoms with Crippen LogP contribution >= 0.6 is 11.3 Å². The minimum absolute atomic E-state index is 0.0332. The molecule has 33 heavy (non-hydrogen) atoms. The van der Waals surface area contributed by atoms with Crippen molar-refractivity contribution in [3.63, 3.8) is 0 Å². The maximum atomic E-state index is 12.9. The number of non-ortho nitro benzene ring substituents is 1. The summed E-state index contributed by atoms with van der Waals surface area (Å²) < 4.78 is 5.66. The lowest BCUT2D eigenvalue weighted by molar-refractivity contribution is -0.384. The fraction of sp³-hybridized carbons (Fsp3) is 0.333. The van der Waals surface area contributed by atoms with E-state index < -0.39 is 16.7 Å². The molecular weight excluding hydrogens is 442 g/mol. The zero-order chi connectivity index (χ0) is 23.9. The molecule has 1 unspecified atom stereocenters. The number of fused-ring (bicyclic) bond motifs is 1. The molecule has 2 amide bonds. The maximum Gasteiger partial charge on any atom is 0.292 e. The van der Waals surface area contributed by atoms with Crippen molar-refractivity contribution in [2.75, 3.05) is 5.32 Å². The highest BCUT2D eigenvalue weighted by Crippen LogP contribution is 2.44. The summed E-state index contributed by atoms with van der Waals surface area (Å²) in [5, 5.41) is 14.2.